The van der Waals surface area contributed by atoms with E-state index in [1.54, 1.807) is 24.3 Å². The summed E-state index contributed by atoms with van der Waals surface area (Å²) in [7, 11) is 0. The summed E-state index contributed by atoms with van der Waals surface area (Å²) in [5, 5.41) is 7.07. The lowest BCUT2D eigenvalue weighted by molar-refractivity contribution is 0.102. The number of fused-ring (bicyclic) bond motifs is 2. The fraction of sp³-hybridized carbons (Fsp3) is 0.200. The van der Waals surface area contributed by atoms with Crippen molar-refractivity contribution < 1.29 is 19.0 Å². The molecule has 0 bridgehead atoms. The molecule has 0 saturated carbocycles. The molecule has 4 aromatic rings. The lowest BCUT2D eigenvalue weighted by Gasteiger charge is -2.28. The first-order valence-corrected chi connectivity index (χ1v) is 11.8. The Morgan fingerprint density at radius 2 is 1.71 bits per heavy atom. The van der Waals surface area contributed by atoms with Crippen LogP contribution in [0.1, 0.15) is 10.4 Å². The Morgan fingerprint density at radius 1 is 0.912 bits per heavy atom. The Bertz CT molecular complexity index is 1350. The quantitative estimate of drug-likeness (QED) is 0.427. The second kappa shape index (κ2) is 8.85. The van der Waals surface area contributed by atoms with Gasteiger partial charge in [0.2, 0.25) is 6.79 Å². The number of anilines is 4. The molecule has 6 rings (SSSR count). The largest absolute Gasteiger partial charge is 0.454 e. The topological polar surface area (TPSA) is 85.0 Å². The van der Waals surface area contributed by atoms with Gasteiger partial charge in [-0.15, -0.1) is 0 Å². The number of aromatic nitrogens is 1. The highest BCUT2D eigenvalue weighted by atomic mass is 32.1. The van der Waals surface area contributed by atoms with Crippen LogP contribution in [0, 0.1) is 0 Å². The maximum Gasteiger partial charge on any atom is 0.255 e. The molecule has 0 unspecified atom stereocenters. The van der Waals surface area contributed by atoms with Crippen molar-refractivity contribution in [3.63, 3.8) is 0 Å². The Morgan fingerprint density at radius 3 is 2.56 bits per heavy atom. The van der Waals surface area contributed by atoms with Crippen LogP contribution >= 0.6 is 11.3 Å². The third-order valence-corrected chi connectivity index (χ3v) is 6.71. The van der Waals surface area contributed by atoms with Crippen molar-refractivity contribution in [2.75, 3.05) is 48.6 Å². The van der Waals surface area contributed by atoms with Gasteiger partial charge < -0.3 is 29.7 Å². The lowest BCUT2D eigenvalue weighted by Crippen LogP contribution is -2.36. The predicted octanol–water partition coefficient (Wildman–Crippen LogP) is 4.86. The van der Waals surface area contributed by atoms with Gasteiger partial charge in [0.25, 0.3) is 5.91 Å². The molecule has 172 valence electrons. The molecule has 3 heterocycles. The summed E-state index contributed by atoms with van der Waals surface area (Å²) in [6, 6.07) is 19.2. The van der Waals surface area contributed by atoms with E-state index in [0.29, 0.717) is 22.7 Å². The molecule has 1 amide bonds. The predicted molar refractivity (Wildman–Crippen MR) is 133 cm³/mol. The van der Waals surface area contributed by atoms with Crippen molar-refractivity contribution in [1.29, 1.82) is 0 Å². The molecule has 3 aromatic carbocycles. The monoisotopic (exact) mass is 474 g/mol. The van der Waals surface area contributed by atoms with Crippen molar-refractivity contribution in [1.82, 2.24) is 4.98 Å². The van der Waals surface area contributed by atoms with E-state index < -0.39 is 0 Å². The Labute approximate surface area is 200 Å². The highest BCUT2D eigenvalue weighted by molar-refractivity contribution is 7.22. The van der Waals surface area contributed by atoms with E-state index in [1.165, 1.54) is 17.0 Å². The minimum absolute atomic E-state index is 0.192. The molecule has 9 heteroatoms. The molecule has 34 heavy (non-hydrogen) atoms. The van der Waals surface area contributed by atoms with Crippen molar-refractivity contribution in [3.05, 3.63) is 66.2 Å². The zero-order valence-electron chi connectivity index (χ0n) is 18.2. The van der Waals surface area contributed by atoms with E-state index >= 15 is 0 Å². The Hall–Kier alpha value is -3.82. The van der Waals surface area contributed by atoms with Gasteiger partial charge in [-0.2, -0.15) is 0 Å². The molecule has 0 aliphatic carbocycles. The van der Waals surface area contributed by atoms with E-state index in [2.05, 4.69) is 44.8 Å². The van der Waals surface area contributed by atoms with E-state index in [0.717, 1.165) is 47.3 Å². The number of hydrogen-bond donors (Lipinski definition) is 2. The van der Waals surface area contributed by atoms with Gasteiger partial charge in [-0.3, -0.25) is 4.79 Å². The molecule has 0 radical (unpaired) electrons. The van der Waals surface area contributed by atoms with Gasteiger partial charge in [0, 0.05) is 41.8 Å². The van der Waals surface area contributed by atoms with Crippen molar-refractivity contribution >= 4 is 49.7 Å². The average Bonchev–Trinajstić information content (AvgIpc) is 3.50. The number of morpholine rings is 1. The summed E-state index contributed by atoms with van der Waals surface area (Å²) in [6.07, 6.45) is 0. The van der Waals surface area contributed by atoms with Gasteiger partial charge in [0.05, 0.1) is 23.4 Å². The third kappa shape index (κ3) is 4.23. The van der Waals surface area contributed by atoms with Crippen molar-refractivity contribution in [2.45, 2.75) is 0 Å². The zero-order chi connectivity index (χ0) is 22.9. The lowest BCUT2D eigenvalue weighted by atomic mass is 10.2. The molecule has 1 aromatic heterocycles. The second-order valence-electron chi connectivity index (χ2n) is 7.99. The van der Waals surface area contributed by atoms with Gasteiger partial charge in [0.1, 0.15) is 0 Å². The molecule has 8 nitrogen and oxygen atoms in total. The number of amides is 1. The number of nitrogens with zero attached hydrogens (tertiary/aromatic N) is 2. The van der Waals surface area contributed by atoms with E-state index in [-0.39, 0.29) is 12.7 Å². The number of thiazole rings is 1. The minimum atomic E-state index is -0.192. The van der Waals surface area contributed by atoms with Crippen LogP contribution < -0.4 is 25.0 Å². The summed E-state index contributed by atoms with van der Waals surface area (Å²) >= 11 is 1.51. The first kappa shape index (κ1) is 20.8. The van der Waals surface area contributed by atoms with Gasteiger partial charge in [-0.05, 0) is 54.6 Å². The van der Waals surface area contributed by atoms with Crippen LogP contribution in [0.3, 0.4) is 0 Å². The fourth-order valence-electron chi connectivity index (χ4n) is 4.00. The molecular formula is C25H22N4O4S. The number of carbonyl (C=O) groups is 1. The number of hydrogen-bond acceptors (Lipinski definition) is 8. The fourth-order valence-corrected chi connectivity index (χ4v) is 4.92. The van der Waals surface area contributed by atoms with Crippen LogP contribution in [-0.2, 0) is 4.74 Å². The van der Waals surface area contributed by atoms with Crippen LogP contribution in [0.15, 0.2) is 60.7 Å². The number of benzene rings is 3. The number of ether oxygens (including phenoxy) is 3. The SMILES string of the molecule is O=C(Nc1ccc2c(c1)OCO2)c1ccc2nc(Nc3ccc(N4CCOCC4)cc3)sc2c1. The Kier molecular flexibility index (Phi) is 5.40. The summed E-state index contributed by atoms with van der Waals surface area (Å²) in [5.74, 6) is 1.12. The molecule has 1 saturated heterocycles. The van der Waals surface area contributed by atoms with Crippen LogP contribution in [0.2, 0.25) is 0 Å². The average molecular weight is 475 g/mol. The van der Waals surface area contributed by atoms with Crippen molar-refractivity contribution in [3.8, 4) is 11.5 Å². The van der Waals surface area contributed by atoms with E-state index in [9.17, 15) is 4.79 Å². The van der Waals surface area contributed by atoms with Gasteiger partial charge in [-0.25, -0.2) is 4.98 Å². The summed E-state index contributed by atoms with van der Waals surface area (Å²) in [4.78, 5) is 19.8. The number of carbonyl (C=O) groups excluding carboxylic acids is 1. The maximum atomic E-state index is 12.8. The van der Waals surface area contributed by atoms with Crippen molar-refractivity contribution in [2.24, 2.45) is 0 Å². The van der Waals surface area contributed by atoms with Crippen LogP contribution in [0.5, 0.6) is 11.5 Å². The van der Waals surface area contributed by atoms with Gasteiger partial charge in [-0.1, -0.05) is 11.3 Å². The van der Waals surface area contributed by atoms with E-state index in [1.807, 2.05) is 12.1 Å². The molecule has 2 aliphatic rings. The highest BCUT2D eigenvalue weighted by Gasteiger charge is 2.16. The smallest absolute Gasteiger partial charge is 0.255 e. The molecule has 2 N–H and O–H groups in total. The minimum Gasteiger partial charge on any atom is -0.454 e. The molecular weight excluding hydrogens is 452 g/mol. The standard InChI is InChI=1S/C25H22N4O4S/c30-24(26-18-4-8-21-22(14-18)33-15-32-21)16-1-7-20-23(13-16)34-25(28-20)27-17-2-5-19(6-3-17)29-9-11-31-12-10-29/h1-8,13-14H,9-12,15H2,(H,26,30)(H,27,28). The number of nitrogens with one attached hydrogen (secondary N) is 2. The van der Waals surface area contributed by atoms with E-state index in [4.69, 9.17) is 14.2 Å². The summed E-state index contributed by atoms with van der Waals surface area (Å²) < 4.78 is 17.1. The first-order valence-electron chi connectivity index (χ1n) is 11.0. The second-order valence-corrected chi connectivity index (χ2v) is 9.03. The summed E-state index contributed by atoms with van der Waals surface area (Å²) in [6.45, 7) is 3.55. The molecule has 1 fully saturated rings. The third-order valence-electron chi connectivity index (χ3n) is 5.78. The highest BCUT2D eigenvalue weighted by Crippen LogP contribution is 2.35. The first-order chi connectivity index (χ1) is 16.7. The molecule has 0 spiro atoms. The number of rotatable bonds is 5. The molecule has 2 aliphatic heterocycles. The normalized spacial score (nSPS) is 14.9. The molecule has 0 atom stereocenters. The zero-order valence-corrected chi connectivity index (χ0v) is 19.1. The van der Waals surface area contributed by atoms with Crippen LogP contribution in [0.4, 0.5) is 22.2 Å². The van der Waals surface area contributed by atoms with Crippen LogP contribution in [-0.4, -0.2) is 44.0 Å². The maximum absolute atomic E-state index is 12.8. The Balaban J connectivity index is 1.15. The van der Waals surface area contributed by atoms with Gasteiger partial charge >= 0.3 is 0 Å². The summed E-state index contributed by atoms with van der Waals surface area (Å²) in [5.41, 5.74) is 4.22. The van der Waals surface area contributed by atoms with Gasteiger partial charge in [0.15, 0.2) is 16.6 Å². The van der Waals surface area contributed by atoms with Crippen LogP contribution in [0.25, 0.3) is 10.2 Å².